The van der Waals surface area contributed by atoms with Crippen molar-refractivity contribution >= 4 is 26.3 Å². The summed E-state index contributed by atoms with van der Waals surface area (Å²) >= 11 is 1.69. The number of nitrogens with zero attached hydrogens (tertiary/aromatic N) is 2. The van der Waals surface area contributed by atoms with E-state index in [2.05, 4.69) is 24.1 Å². The summed E-state index contributed by atoms with van der Waals surface area (Å²) < 4.78 is 23.0. The average Bonchev–Trinajstić information content (AvgIpc) is 2.82. The summed E-state index contributed by atoms with van der Waals surface area (Å²) in [6.45, 7) is 6.31. The second-order valence-corrected chi connectivity index (χ2v) is 8.65. The highest BCUT2D eigenvalue weighted by atomic mass is 32.2. The molecule has 20 heavy (non-hydrogen) atoms. The van der Waals surface area contributed by atoms with E-state index in [1.54, 1.807) is 11.3 Å². The maximum absolute atomic E-state index is 11.5. The fourth-order valence-electron chi connectivity index (χ4n) is 2.26. The van der Waals surface area contributed by atoms with E-state index in [4.69, 9.17) is 4.98 Å². The van der Waals surface area contributed by atoms with Crippen LogP contribution in [0.2, 0.25) is 0 Å². The molecule has 1 aliphatic heterocycles. The van der Waals surface area contributed by atoms with Crippen molar-refractivity contribution in [1.82, 2.24) is 10.3 Å². The van der Waals surface area contributed by atoms with Crippen LogP contribution in [0.1, 0.15) is 36.8 Å². The Balaban J connectivity index is 2.20. The quantitative estimate of drug-likeness (QED) is 0.894. The predicted molar refractivity (Wildman–Crippen MR) is 84.5 cm³/mol. The molecule has 0 saturated carbocycles. The normalized spacial score (nSPS) is 20.1. The Morgan fingerprint density at radius 3 is 2.60 bits per heavy atom. The highest BCUT2D eigenvalue weighted by Crippen LogP contribution is 2.32. The van der Waals surface area contributed by atoms with Crippen LogP contribution in [0.4, 0.5) is 5.13 Å². The minimum atomic E-state index is -2.84. The van der Waals surface area contributed by atoms with Crippen LogP contribution >= 0.6 is 11.3 Å². The van der Waals surface area contributed by atoms with E-state index >= 15 is 0 Å². The first-order chi connectivity index (χ1) is 9.46. The first-order valence-electron chi connectivity index (χ1n) is 7.06. The van der Waals surface area contributed by atoms with Gasteiger partial charge in [-0.25, -0.2) is 13.4 Å². The molecule has 1 N–H and O–H groups in total. The van der Waals surface area contributed by atoms with Crippen molar-refractivity contribution in [3.63, 3.8) is 0 Å². The Bertz CT molecular complexity index is 540. The topological polar surface area (TPSA) is 62.3 Å². The maximum Gasteiger partial charge on any atom is 0.185 e. The third-order valence-electron chi connectivity index (χ3n) is 3.75. The second-order valence-electron chi connectivity index (χ2n) is 5.28. The molecule has 0 amide bonds. The van der Waals surface area contributed by atoms with Gasteiger partial charge in [-0.05, 0) is 19.4 Å². The lowest BCUT2D eigenvalue weighted by molar-refractivity contribution is 0.586. The number of anilines is 1. The van der Waals surface area contributed by atoms with Crippen LogP contribution in [0.15, 0.2) is 0 Å². The zero-order valence-corrected chi connectivity index (χ0v) is 14.0. The molecule has 114 valence electrons. The van der Waals surface area contributed by atoms with Gasteiger partial charge in [-0.2, -0.15) is 0 Å². The number of sulfone groups is 1. The van der Waals surface area contributed by atoms with Gasteiger partial charge in [0.1, 0.15) is 0 Å². The number of rotatable bonds is 5. The van der Waals surface area contributed by atoms with E-state index in [1.165, 1.54) is 4.88 Å². The van der Waals surface area contributed by atoms with Gasteiger partial charge in [-0.3, -0.25) is 0 Å². The van der Waals surface area contributed by atoms with E-state index in [-0.39, 0.29) is 11.5 Å². The summed E-state index contributed by atoms with van der Waals surface area (Å²) in [6.07, 6.45) is 1.06. The molecule has 1 aromatic rings. The highest BCUT2D eigenvalue weighted by Gasteiger charge is 2.25. The molecule has 0 bridgehead atoms. The zero-order valence-electron chi connectivity index (χ0n) is 12.3. The smallest absolute Gasteiger partial charge is 0.185 e. The zero-order chi connectivity index (χ0) is 14.8. The van der Waals surface area contributed by atoms with Crippen molar-refractivity contribution in [1.29, 1.82) is 0 Å². The number of aromatic nitrogens is 1. The highest BCUT2D eigenvalue weighted by molar-refractivity contribution is 7.91. The lowest BCUT2D eigenvalue weighted by atomic mass is 10.0. The third kappa shape index (κ3) is 3.51. The van der Waals surface area contributed by atoms with Crippen molar-refractivity contribution in [3.8, 4) is 0 Å². The van der Waals surface area contributed by atoms with Gasteiger partial charge in [0.2, 0.25) is 0 Å². The Hall–Kier alpha value is -0.660. The van der Waals surface area contributed by atoms with Gasteiger partial charge < -0.3 is 10.2 Å². The molecular weight excluding hydrogens is 294 g/mol. The SMILES string of the molecule is CCC(C)c1nc(N2CCS(=O)(=O)CC2)sc1CNC. The van der Waals surface area contributed by atoms with Gasteiger partial charge in [0.05, 0.1) is 17.2 Å². The van der Waals surface area contributed by atoms with E-state index in [9.17, 15) is 8.42 Å². The molecule has 1 aromatic heterocycles. The van der Waals surface area contributed by atoms with Gasteiger partial charge in [-0.15, -0.1) is 11.3 Å². The molecule has 0 spiro atoms. The Labute approximate surface area is 125 Å². The van der Waals surface area contributed by atoms with Crippen LogP contribution in [0.3, 0.4) is 0 Å². The summed E-state index contributed by atoms with van der Waals surface area (Å²) in [5.41, 5.74) is 1.16. The van der Waals surface area contributed by atoms with Crippen molar-refractivity contribution in [2.24, 2.45) is 0 Å². The first kappa shape index (κ1) is 15.7. The molecule has 7 heteroatoms. The van der Waals surface area contributed by atoms with Crippen LogP contribution in [-0.4, -0.2) is 45.0 Å². The van der Waals surface area contributed by atoms with Gasteiger partial charge in [0.25, 0.3) is 0 Å². The van der Waals surface area contributed by atoms with Crippen LogP contribution in [0, 0.1) is 0 Å². The van der Waals surface area contributed by atoms with Crippen LogP contribution in [-0.2, 0) is 16.4 Å². The lowest BCUT2D eigenvalue weighted by Gasteiger charge is -2.26. The number of hydrogen-bond acceptors (Lipinski definition) is 6. The molecule has 2 rings (SSSR count). The van der Waals surface area contributed by atoms with Crippen LogP contribution < -0.4 is 10.2 Å². The summed E-state index contributed by atoms with van der Waals surface area (Å²) in [6, 6.07) is 0. The second kappa shape index (κ2) is 6.41. The molecule has 0 aliphatic carbocycles. The fraction of sp³-hybridized carbons (Fsp3) is 0.769. The molecule has 0 radical (unpaired) electrons. The van der Waals surface area contributed by atoms with Gasteiger partial charge in [0, 0.05) is 24.5 Å². The summed E-state index contributed by atoms with van der Waals surface area (Å²) in [4.78, 5) is 8.16. The van der Waals surface area contributed by atoms with Crippen molar-refractivity contribution in [3.05, 3.63) is 10.6 Å². The average molecular weight is 317 g/mol. The minimum absolute atomic E-state index is 0.243. The minimum Gasteiger partial charge on any atom is -0.346 e. The summed E-state index contributed by atoms with van der Waals surface area (Å²) in [5, 5.41) is 4.16. The first-order valence-corrected chi connectivity index (χ1v) is 9.70. The lowest BCUT2D eigenvalue weighted by Crippen LogP contribution is -2.40. The van der Waals surface area contributed by atoms with Gasteiger partial charge in [-0.1, -0.05) is 13.8 Å². The van der Waals surface area contributed by atoms with Gasteiger partial charge in [0.15, 0.2) is 15.0 Å². The summed E-state index contributed by atoms with van der Waals surface area (Å²) in [5.74, 6) is 0.927. The molecule has 1 saturated heterocycles. The Morgan fingerprint density at radius 2 is 2.05 bits per heavy atom. The molecular formula is C13H23N3O2S2. The predicted octanol–water partition coefficient (Wildman–Crippen LogP) is 1.61. The molecule has 1 atom stereocenters. The Morgan fingerprint density at radius 1 is 1.40 bits per heavy atom. The number of thiazole rings is 1. The fourth-order valence-corrected chi connectivity index (χ4v) is 4.70. The van der Waals surface area contributed by atoms with E-state index in [0.717, 1.165) is 23.8 Å². The molecule has 1 unspecified atom stereocenters. The molecule has 0 aromatic carbocycles. The summed E-state index contributed by atoms with van der Waals surface area (Å²) in [7, 11) is -0.898. The largest absolute Gasteiger partial charge is 0.346 e. The standard InChI is InChI=1S/C13H23N3O2S2/c1-4-10(2)12-11(9-14-3)19-13(15-12)16-5-7-20(17,18)8-6-16/h10,14H,4-9H2,1-3H3. The number of nitrogens with one attached hydrogen (secondary N) is 1. The van der Waals surface area contributed by atoms with Crippen molar-refractivity contribution in [2.75, 3.05) is 36.5 Å². The van der Waals surface area contributed by atoms with Gasteiger partial charge >= 0.3 is 0 Å². The van der Waals surface area contributed by atoms with E-state index in [0.29, 0.717) is 19.0 Å². The molecule has 1 fully saturated rings. The molecule has 2 heterocycles. The van der Waals surface area contributed by atoms with Crippen molar-refractivity contribution < 1.29 is 8.42 Å². The van der Waals surface area contributed by atoms with Crippen molar-refractivity contribution in [2.45, 2.75) is 32.7 Å². The monoisotopic (exact) mass is 317 g/mol. The van der Waals surface area contributed by atoms with E-state index < -0.39 is 9.84 Å². The molecule has 5 nitrogen and oxygen atoms in total. The van der Waals surface area contributed by atoms with E-state index in [1.807, 2.05) is 7.05 Å². The third-order valence-corrected chi connectivity index (χ3v) is 6.49. The Kier molecular flexibility index (Phi) is 5.04. The number of hydrogen-bond donors (Lipinski definition) is 1. The maximum atomic E-state index is 11.5. The van der Waals surface area contributed by atoms with Crippen LogP contribution in [0.25, 0.3) is 0 Å². The molecule has 1 aliphatic rings. The van der Waals surface area contributed by atoms with Crippen LogP contribution in [0.5, 0.6) is 0 Å².